The molecule has 0 unspecified atom stereocenters. The van der Waals surface area contributed by atoms with Gasteiger partial charge in [-0.2, -0.15) is 0 Å². The number of benzene rings is 1. The number of nitrogens with zero attached hydrogens (tertiary/aromatic N) is 1. The summed E-state index contributed by atoms with van der Waals surface area (Å²) in [6, 6.07) is 10.5. The number of likely N-dealkylation sites (N-methyl/N-ethyl adjacent to an activating group) is 1. The van der Waals surface area contributed by atoms with Gasteiger partial charge in [0.2, 0.25) is 0 Å². The predicted octanol–water partition coefficient (Wildman–Crippen LogP) is 7.76. The average molecular weight is 448 g/mol. The van der Waals surface area contributed by atoms with Gasteiger partial charge in [0.05, 0.1) is 19.3 Å². The van der Waals surface area contributed by atoms with Crippen LogP contribution in [-0.4, -0.2) is 42.9 Å². The minimum atomic E-state index is 0.0660. The molecule has 0 saturated carbocycles. The zero-order valence-electron chi connectivity index (χ0n) is 21.4. The summed E-state index contributed by atoms with van der Waals surface area (Å²) in [5.74, 6) is 0. The third-order valence-corrected chi connectivity index (χ3v) is 6.56. The van der Waals surface area contributed by atoms with Crippen LogP contribution in [0.1, 0.15) is 115 Å². The molecule has 186 valence electrons. The molecule has 1 aromatic rings. The van der Waals surface area contributed by atoms with E-state index >= 15 is 0 Å². The molecule has 0 bridgehead atoms. The van der Waals surface area contributed by atoms with Gasteiger partial charge in [-0.1, -0.05) is 134 Å². The van der Waals surface area contributed by atoms with E-state index in [2.05, 4.69) is 43.1 Å². The summed E-state index contributed by atoms with van der Waals surface area (Å²) in [5, 5.41) is 9.70. The molecule has 32 heavy (non-hydrogen) atoms. The maximum absolute atomic E-state index is 9.70. The molecule has 0 aliphatic heterocycles. The first-order valence-electron chi connectivity index (χ1n) is 13.7. The molecular weight excluding hydrogens is 394 g/mol. The molecule has 0 radical (unpaired) electrons. The summed E-state index contributed by atoms with van der Waals surface area (Å²) in [6.45, 7) is 4.70. The van der Waals surface area contributed by atoms with E-state index in [0.717, 1.165) is 19.6 Å². The van der Waals surface area contributed by atoms with E-state index in [4.69, 9.17) is 4.74 Å². The first-order chi connectivity index (χ1) is 15.8. The Bertz CT molecular complexity index is 493. The lowest BCUT2D eigenvalue weighted by Gasteiger charge is -2.26. The molecule has 0 spiro atoms. The molecule has 1 aromatic carbocycles. The van der Waals surface area contributed by atoms with Gasteiger partial charge in [0.15, 0.2) is 0 Å². The van der Waals surface area contributed by atoms with Crippen molar-refractivity contribution in [3.05, 3.63) is 35.9 Å². The van der Waals surface area contributed by atoms with Gasteiger partial charge < -0.3 is 9.84 Å². The first kappa shape index (κ1) is 29.1. The van der Waals surface area contributed by atoms with Crippen LogP contribution in [0.4, 0.5) is 0 Å². The molecule has 3 nitrogen and oxygen atoms in total. The van der Waals surface area contributed by atoms with Gasteiger partial charge >= 0.3 is 0 Å². The van der Waals surface area contributed by atoms with Gasteiger partial charge in [0, 0.05) is 13.2 Å². The van der Waals surface area contributed by atoms with Crippen LogP contribution in [0.25, 0.3) is 0 Å². The van der Waals surface area contributed by atoms with E-state index in [9.17, 15) is 5.11 Å². The Kier molecular flexibility index (Phi) is 20.0. The minimum absolute atomic E-state index is 0.0660. The highest BCUT2D eigenvalue weighted by atomic mass is 16.5. The van der Waals surface area contributed by atoms with E-state index in [1.807, 2.05) is 6.07 Å². The lowest BCUT2D eigenvalue weighted by atomic mass is 10.0. The van der Waals surface area contributed by atoms with Gasteiger partial charge in [0.25, 0.3) is 0 Å². The summed E-state index contributed by atoms with van der Waals surface area (Å²) in [4.78, 5) is 2.18. The molecule has 0 heterocycles. The van der Waals surface area contributed by atoms with E-state index in [0.29, 0.717) is 6.61 Å². The van der Waals surface area contributed by atoms with Crippen molar-refractivity contribution in [2.45, 2.75) is 122 Å². The second-order valence-corrected chi connectivity index (χ2v) is 9.62. The predicted molar refractivity (Wildman–Crippen MR) is 139 cm³/mol. The fraction of sp³-hybridized carbons (Fsp3) is 0.793. The molecule has 0 amide bonds. The van der Waals surface area contributed by atoms with Gasteiger partial charge in [0.1, 0.15) is 0 Å². The van der Waals surface area contributed by atoms with Crippen LogP contribution in [0.2, 0.25) is 0 Å². The molecule has 1 atom stereocenters. The van der Waals surface area contributed by atoms with Gasteiger partial charge in [-0.3, -0.25) is 4.90 Å². The fourth-order valence-corrected chi connectivity index (χ4v) is 4.29. The number of aliphatic hydroxyl groups excluding tert-OH is 1. The second kappa shape index (κ2) is 21.9. The number of aliphatic hydroxyl groups is 1. The van der Waals surface area contributed by atoms with Gasteiger partial charge in [-0.15, -0.1) is 0 Å². The lowest BCUT2D eigenvalue weighted by Crippen LogP contribution is -2.38. The van der Waals surface area contributed by atoms with Crippen LogP contribution in [0.3, 0.4) is 0 Å². The van der Waals surface area contributed by atoms with E-state index < -0.39 is 0 Å². The Morgan fingerprint density at radius 3 is 1.66 bits per heavy atom. The number of hydrogen-bond acceptors (Lipinski definition) is 3. The highest BCUT2D eigenvalue weighted by Crippen LogP contribution is 2.14. The number of hydrogen-bond donors (Lipinski definition) is 1. The smallest absolute Gasteiger partial charge is 0.0644 e. The molecule has 3 heteroatoms. The van der Waals surface area contributed by atoms with Crippen molar-refractivity contribution >= 4 is 0 Å². The quantitative estimate of drug-likeness (QED) is 0.174. The maximum atomic E-state index is 9.70. The first-order valence-corrected chi connectivity index (χ1v) is 13.7. The zero-order chi connectivity index (χ0) is 23.1. The minimum Gasteiger partial charge on any atom is -0.395 e. The number of ether oxygens (including phenoxy) is 1. The maximum Gasteiger partial charge on any atom is 0.0644 e. The summed E-state index contributed by atoms with van der Waals surface area (Å²) in [5.41, 5.74) is 1.27. The summed E-state index contributed by atoms with van der Waals surface area (Å²) < 4.78 is 5.86. The van der Waals surface area contributed by atoms with E-state index in [-0.39, 0.29) is 12.6 Å². The third kappa shape index (κ3) is 16.7. The van der Waals surface area contributed by atoms with Crippen molar-refractivity contribution in [2.75, 3.05) is 26.9 Å². The standard InChI is InChI=1S/C29H53NO2/c1-3-4-5-6-7-8-9-10-11-12-13-14-15-16-17-21-24-32-27-29(26-31)30(2)25-28-22-19-18-20-23-28/h18-20,22-23,29,31H,3-17,21,24-27H2,1-2H3/t29-/m0/s1. The Hall–Kier alpha value is -0.900. The Morgan fingerprint density at radius 2 is 1.19 bits per heavy atom. The number of rotatable bonds is 23. The molecule has 1 rings (SSSR count). The second-order valence-electron chi connectivity index (χ2n) is 9.62. The normalized spacial score (nSPS) is 12.5. The molecule has 0 aliphatic carbocycles. The van der Waals surface area contributed by atoms with Crippen molar-refractivity contribution in [1.82, 2.24) is 4.90 Å². The molecular formula is C29H53NO2. The molecule has 1 N–H and O–H groups in total. The van der Waals surface area contributed by atoms with Crippen molar-refractivity contribution in [1.29, 1.82) is 0 Å². The van der Waals surface area contributed by atoms with Crippen LogP contribution < -0.4 is 0 Å². The highest BCUT2D eigenvalue weighted by molar-refractivity contribution is 5.14. The van der Waals surface area contributed by atoms with Crippen molar-refractivity contribution in [3.8, 4) is 0 Å². The fourth-order valence-electron chi connectivity index (χ4n) is 4.29. The third-order valence-electron chi connectivity index (χ3n) is 6.56. The topological polar surface area (TPSA) is 32.7 Å². The van der Waals surface area contributed by atoms with Gasteiger partial charge in [-0.25, -0.2) is 0 Å². The monoisotopic (exact) mass is 447 g/mol. The average Bonchev–Trinajstić information content (AvgIpc) is 2.81. The molecule has 0 saturated heterocycles. The summed E-state index contributed by atoms with van der Waals surface area (Å²) in [7, 11) is 2.06. The molecule has 0 aromatic heterocycles. The summed E-state index contributed by atoms with van der Waals surface area (Å²) >= 11 is 0. The van der Waals surface area contributed by atoms with Crippen LogP contribution in [0.15, 0.2) is 30.3 Å². The van der Waals surface area contributed by atoms with Gasteiger partial charge in [-0.05, 0) is 19.0 Å². The zero-order valence-corrected chi connectivity index (χ0v) is 21.4. The van der Waals surface area contributed by atoms with Crippen LogP contribution in [0, 0.1) is 0 Å². The lowest BCUT2D eigenvalue weighted by molar-refractivity contribution is 0.0374. The van der Waals surface area contributed by atoms with Crippen LogP contribution in [0.5, 0.6) is 0 Å². The Morgan fingerprint density at radius 1 is 0.719 bits per heavy atom. The van der Waals surface area contributed by atoms with Crippen LogP contribution in [-0.2, 0) is 11.3 Å². The van der Waals surface area contributed by atoms with E-state index in [1.54, 1.807) is 0 Å². The Balaban J connectivity index is 1.84. The molecule has 0 fully saturated rings. The highest BCUT2D eigenvalue weighted by Gasteiger charge is 2.14. The summed E-state index contributed by atoms with van der Waals surface area (Å²) in [6.07, 6.45) is 22.3. The largest absolute Gasteiger partial charge is 0.395 e. The SMILES string of the molecule is CCCCCCCCCCCCCCCCCCOC[C@H](CO)N(C)Cc1ccccc1. The Labute approximate surface area is 199 Å². The van der Waals surface area contributed by atoms with Crippen LogP contribution >= 0.6 is 0 Å². The van der Waals surface area contributed by atoms with Crippen molar-refractivity contribution < 1.29 is 9.84 Å². The number of unbranched alkanes of at least 4 members (excludes halogenated alkanes) is 15. The molecule has 0 aliphatic rings. The van der Waals surface area contributed by atoms with Crippen molar-refractivity contribution in [2.24, 2.45) is 0 Å². The van der Waals surface area contributed by atoms with E-state index in [1.165, 1.54) is 102 Å². The van der Waals surface area contributed by atoms with Crippen molar-refractivity contribution in [3.63, 3.8) is 0 Å².